The fraction of sp³-hybridized carbons (Fsp3) is 0.0714. The third kappa shape index (κ3) is 3.53. The minimum Gasteiger partial charge on any atom is -0.324 e. The number of halogens is 1. The zero-order chi connectivity index (χ0) is 16.2. The number of thiophene rings is 1. The predicted molar refractivity (Wildman–Crippen MR) is 85.9 cm³/mol. The summed E-state index contributed by atoms with van der Waals surface area (Å²) in [5.74, 6) is 0.153. The quantitative estimate of drug-likeness (QED) is 0.784. The van der Waals surface area contributed by atoms with Gasteiger partial charge in [0.25, 0.3) is 0 Å². The zero-order valence-electron chi connectivity index (χ0n) is 11.6. The van der Waals surface area contributed by atoms with Crippen LogP contribution in [0.3, 0.4) is 0 Å². The van der Waals surface area contributed by atoms with Crippen LogP contribution in [0.15, 0.2) is 35.0 Å². The van der Waals surface area contributed by atoms with Crippen LogP contribution in [-0.2, 0) is 11.3 Å². The molecule has 3 aromatic rings. The second kappa shape index (κ2) is 6.56. The van der Waals surface area contributed by atoms with Gasteiger partial charge in [0.05, 0.1) is 10.6 Å². The molecule has 2 heterocycles. The number of nitrogens with one attached hydrogen (secondary N) is 1. The number of carbonyl (C=O) groups is 1. The van der Waals surface area contributed by atoms with Crippen molar-refractivity contribution in [3.05, 3.63) is 45.6 Å². The minimum atomic E-state index is -0.319. The summed E-state index contributed by atoms with van der Waals surface area (Å²) in [6.45, 7) is -0.0746. The van der Waals surface area contributed by atoms with Crippen LogP contribution in [0.5, 0.6) is 0 Å². The van der Waals surface area contributed by atoms with Crippen molar-refractivity contribution < 1.29 is 4.79 Å². The standard InChI is InChI=1S/C14H9ClN6OS/c15-12-5-11(2-1-9(12)6-16)17-13(22)7-21-19-14(18-20-21)10-3-4-23-8-10/h1-5,8H,7H2,(H,17,22). The summed E-state index contributed by atoms with van der Waals surface area (Å²) in [5, 5.41) is 27.5. The Morgan fingerprint density at radius 1 is 1.43 bits per heavy atom. The monoisotopic (exact) mass is 344 g/mol. The largest absolute Gasteiger partial charge is 0.324 e. The molecule has 0 spiro atoms. The van der Waals surface area contributed by atoms with Crippen LogP contribution in [0.25, 0.3) is 11.4 Å². The SMILES string of the molecule is N#Cc1ccc(NC(=O)Cn2nnc(-c3ccsc3)n2)cc1Cl. The average molecular weight is 345 g/mol. The van der Waals surface area contributed by atoms with E-state index in [4.69, 9.17) is 16.9 Å². The van der Waals surface area contributed by atoms with Crippen molar-refractivity contribution in [2.75, 3.05) is 5.32 Å². The first-order valence-corrected chi connectivity index (χ1v) is 7.77. The molecule has 1 aromatic carbocycles. The lowest BCUT2D eigenvalue weighted by Gasteiger charge is -2.05. The minimum absolute atomic E-state index is 0.0746. The van der Waals surface area contributed by atoms with Crippen molar-refractivity contribution in [3.63, 3.8) is 0 Å². The van der Waals surface area contributed by atoms with E-state index in [0.29, 0.717) is 17.1 Å². The fourth-order valence-corrected chi connectivity index (χ4v) is 2.69. The summed E-state index contributed by atoms with van der Waals surface area (Å²) < 4.78 is 0. The second-order valence-electron chi connectivity index (χ2n) is 4.51. The normalized spacial score (nSPS) is 10.3. The Balaban J connectivity index is 1.66. The smallest absolute Gasteiger partial charge is 0.248 e. The van der Waals surface area contributed by atoms with Crippen molar-refractivity contribution in [3.8, 4) is 17.5 Å². The van der Waals surface area contributed by atoms with Gasteiger partial charge in [-0.1, -0.05) is 11.6 Å². The van der Waals surface area contributed by atoms with Gasteiger partial charge in [-0.3, -0.25) is 4.79 Å². The summed E-state index contributed by atoms with van der Waals surface area (Å²) in [4.78, 5) is 13.2. The lowest BCUT2D eigenvalue weighted by molar-refractivity contribution is -0.117. The van der Waals surface area contributed by atoms with Crippen LogP contribution in [0.2, 0.25) is 5.02 Å². The van der Waals surface area contributed by atoms with E-state index in [1.54, 1.807) is 12.1 Å². The lowest BCUT2D eigenvalue weighted by atomic mass is 10.2. The molecule has 0 saturated heterocycles. The molecule has 0 aliphatic carbocycles. The molecule has 0 atom stereocenters. The van der Waals surface area contributed by atoms with Crippen LogP contribution in [0, 0.1) is 11.3 Å². The number of tetrazole rings is 1. The number of carbonyl (C=O) groups excluding carboxylic acids is 1. The van der Waals surface area contributed by atoms with Crippen molar-refractivity contribution in [2.24, 2.45) is 0 Å². The molecule has 0 unspecified atom stereocenters. The highest BCUT2D eigenvalue weighted by molar-refractivity contribution is 7.08. The zero-order valence-corrected chi connectivity index (χ0v) is 13.2. The molecule has 2 aromatic heterocycles. The number of nitrogens with zero attached hydrogens (tertiary/aromatic N) is 5. The van der Waals surface area contributed by atoms with E-state index in [2.05, 4.69) is 20.7 Å². The molecule has 1 N–H and O–H groups in total. The van der Waals surface area contributed by atoms with Gasteiger partial charge in [0.15, 0.2) is 0 Å². The molecule has 0 saturated carbocycles. The molecular formula is C14H9ClN6OS. The Hall–Kier alpha value is -2.76. The van der Waals surface area contributed by atoms with Crippen LogP contribution >= 0.6 is 22.9 Å². The molecule has 23 heavy (non-hydrogen) atoms. The first kappa shape index (κ1) is 15.1. The van der Waals surface area contributed by atoms with Crippen LogP contribution in [0.4, 0.5) is 5.69 Å². The first-order chi connectivity index (χ1) is 11.2. The van der Waals surface area contributed by atoms with Crippen molar-refractivity contribution in [2.45, 2.75) is 6.54 Å². The highest BCUT2D eigenvalue weighted by atomic mass is 35.5. The van der Waals surface area contributed by atoms with Crippen LogP contribution in [0.1, 0.15) is 5.56 Å². The topological polar surface area (TPSA) is 96.5 Å². The van der Waals surface area contributed by atoms with Gasteiger partial charge in [-0.05, 0) is 34.9 Å². The molecule has 0 bridgehead atoms. The van der Waals surface area contributed by atoms with E-state index in [1.165, 1.54) is 22.2 Å². The highest BCUT2D eigenvalue weighted by Crippen LogP contribution is 2.20. The van der Waals surface area contributed by atoms with E-state index in [9.17, 15) is 4.79 Å². The Morgan fingerprint density at radius 2 is 2.30 bits per heavy atom. The van der Waals surface area contributed by atoms with Crippen molar-refractivity contribution in [1.82, 2.24) is 20.2 Å². The van der Waals surface area contributed by atoms with Crippen LogP contribution in [-0.4, -0.2) is 26.1 Å². The summed E-state index contributed by atoms with van der Waals surface area (Å²) in [5.41, 5.74) is 1.71. The molecule has 3 rings (SSSR count). The van der Waals surface area contributed by atoms with E-state index < -0.39 is 0 Å². The van der Waals surface area contributed by atoms with Crippen LogP contribution < -0.4 is 5.32 Å². The predicted octanol–water partition coefficient (Wildman–Crippen LogP) is 2.57. The third-order valence-electron chi connectivity index (χ3n) is 2.89. The number of hydrogen-bond donors (Lipinski definition) is 1. The first-order valence-electron chi connectivity index (χ1n) is 6.45. The molecule has 1 amide bonds. The maximum Gasteiger partial charge on any atom is 0.248 e. The molecule has 114 valence electrons. The lowest BCUT2D eigenvalue weighted by Crippen LogP contribution is -2.20. The van der Waals surface area contributed by atoms with Gasteiger partial charge < -0.3 is 5.32 Å². The van der Waals surface area contributed by atoms with E-state index in [-0.39, 0.29) is 17.5 Å². The molecule has 7 nitrogen and oxygen atoms in total. The Labute approximate surface area is 140 Å². The Kier molecular flexibility index (Phi) is 4.32. The summed E-state index contributed by atoms with van der Waals surface area (Å²) in [7, 11) is 0. The molecule has 9 heteroatoms. The van der Waals surface area contributed by atoms with Gasteiger partial charge >= 0.3 is 0 Å². The van der Waals surface area contributed by atoms with Gasteiger partial charge in [-0.2, -0.15) is 21.4 Å². The van der Waals surface area contributed by atoms with E-state index in [1.807, 2.05) is 22.9 Å². The molecule has 0 radical (unpaired) electrons. The highest BCUT2D eigenvalue weighted by Gasteiger charge is 2.10. The number of amides is 1. The number of hydrogen-bond acceptors (Lipinski definition) is 6. The van der Waals surface area contributed by atoms with Crippen molar-refractivity contribution in [1.29, 1.82) is 5.26 Å². The van der Waals surface area contributed by atoms with Gasteiger partial charge in [-0.25, -0.2) is 0 Å². The Morgan fingerprint density at radius 3 is 3.00 bits per heavy atom. The van der Waals surface area contributed by atoms with E-state index >= 15 is 0 Å². The second-order valence-corrected chi connectivity index (χ2v) is 5.70. The fourth-order valence-electron chi connectivity index (χ4n) is 1.83. The summed E-state index contributed by atoms with van der Waals surface area (Å²) >= 11 is 7.45. The molecule has 0 fully saturated rings. The van der Waals surface area contributed by atoms with Gasteiger partial charge in [0, 0.05) is 16.6 Å². The maximum absolute atomic E-state index is 12.0. The number of anilines is 1. The number of aromatic nitrogens is 4. The molecule has 0 aliphatic heterocycles. The summed E-state index contributed by atoms with van der Waals surface area (Å²) in [6, 6.07) is 8.50. The average Bonchev–Trinajstić information content (AvgIpc) is 3.18. The number of nitriles is 1. The molecular weight excluding hydrogens is 336 g/mol. The molecule has 0 aliphatic rings. The number of rotatable bonds is 4. The summed E-state index contributed by atoms with van der Waals surface area (Å²) in [6.07, 6.45) is 0. The third-order valence-corrected chi connectivity index (χ3v) is 3.89. The van der Waals surface area contributed by atoms with Crippen molar-refractivity contribution >= 4 is 34.5 Å². The maximum atomic E-state index is 12.0. The Bertz CT molecular complexity index is 883. The van der Waals surface area contributed by atoms with Gasteiger partial charge in [0.1, 0.15) is 12.6 Å². The number of benzene rings is 1. The van der Waals surface area contributed by atoms with Gasteiger partial charge in [0.2, 0.25) is 11.7 Å². The van der Waals surface area contributed by atoms with E-state index in [0.717, 1.165) is 5.56 Å². The van der Waals surface area contributed by atoms with Gasteiger partial charge in [-0.15, -0.1) is 10.2 Å².